The molecule has 0 bridgehead atoms. The van der Waals surface area contributed by atoms with Crippen molar-refractivity contribution in [2.45, 2.75) is 12.2 Å². The van der Waals surface area contributed by atoms with Gasteiger partial charge in [0.15, 0.2) is 0 Å². The number of nitrogens with one attached hydrogen (secondary N) is 1. The van der Waals surface area contributed by atoms with Crippen molar-refractivity contribution >= 4 is 55.4 Å². The van der Waals surface area contributed by atoms with Crippen molar-refractivity contribution in [2.24, 2.45) is 0 Å². The van der Waals surface area contributed by atoms with E-state index < -0.39 is 10.8 Å². The highest BCUT2D eigenvalue weighted by Gasteiger charge is 2.18. The van der Waals surface area contributed by atoms with Gasteiger partial charge in [-0.2, -0.15) is 0 Å². The molecule has 2 aromatic rings. The monoisotopic (exact) mass is 330 g/mol. The number of carbonyl (C=O) groups excluding carboxylic acids is 1. The zero-order valence-corrected chi connectivity index (χ0v) is 13.5. The van der Waals surface area contributed by atoms with Crippen LogP contribution in [0.1, 0.15) is 16.6 Å². The molecule has 7 heteroatoms. The van der Waals surface area contributed by atoms with E-state index in [9.17, 15) is 9.00 Å². The number of rotatable bonds is 4. The number of halogens is 1. The third-order valence-corrected chi connectivity index (χ3v) is 5.81. The smallest absolute Gasteiger partial charge is 0.263 e. The molecule has 1 amide bonds. The van der Waals surface area contributed by atoms with Gasteiger partial charge in [-0.25, -0.2) is 0 Å². The molecule has 1 aromatic carbocycles. The van der Waals surface area contributed by atoms with Crippen LogP contribution in [0.4, 0.5) is 5.69 Å². The summed E-state index contributed by atoms with van der Waals surface area (Å²) in [6.45, 7) is 2.17. The second-order valence-corrected chi connectivity index (χ2v) is 7.74. The zero-order chi connectivity index (χ0) is 14.9. The lowest BCUT2D eigenvalue weighted by atomic mass is 10.2. The molecule has 0 fully saturated rings. The summed E-state index contributed by atoms with van der Waals surface area (Å²) in [5.41, 5.74) is 6.41. The van der Waals surface area contributed by atoms with Crippen LogP contribution in [0, 0.1) is 0 Å². The molecule has 1 heterocycles. The second-order valence-electron chi connectivity index (χ2n) is 4.48. The number of thiophene rings is 1. The number of hydrogen-bond acceptors (Lipinski definition) is 4. The van der Waals surface area contributed by atoms with Crippen molar-refractivity contribution in [3.63, 3.8) is 0 Å². The Hall–Kier alpha value is -1.11. The third kappa shape index (κ3) is 2.97. The topological polar surface area (TPSA) is 72.2 Å². The summed E-state index contributed by atoms with van der Waals surface area (Å²) >= 11 is 7.41. The zero-order valence-electron chi connectivity index (χ0n) is 11.1. The quantitative estimate of drug-likeness (QED) is 0.905. The van der Waals surface area contributed by atoms with E-state index in [0.717, 1.165) is 10.1 Å². The van der Waals surface area contributed by atoms with Gasteiger partial charge in [-0.1, -0.05) is 17.7 Å². The maximum atomic E-state index is 12.2. The van der Waals surface area contributed by atoms with Crippen LogP contribution < -0.4 is 11.1 Å². The molecule has 0 aliphatic rings. The summed E-state index contributed by atoms with van der Waals surface area (Å²) < 4.78 is 12.1. The van der Waals surface area contributed by atoms with Crippen LogP contribution in [-0.2, 0) is 10.8 Å². The average molecular weight is 331 g/mol. The SMILES string of the molecule is CC(CNC(=O)c1sc2cccc(Cl)c2c1N)S(C)=O. The first-order valence-corrected chi connectivity index (χ1v) is 8.80. The predicted molar refractivity (Wildman–Crippen MR) is 87.1 cm³/mol. The first kappa shape index (κ1) is 15.3. The maximum Gasteiger partial charge on any atom is 0.263 e. The molecule has 0 saturated carbocycles. The molecule has 2 rings (SSSR count). The molecule has 0 radical (unpaired) electrons. The highest BCUT2D eigenvalue weighted by atomic mass is 35.5. The normalized spacial score (nSPS) is 14.2. The van der Waals surface area contributed by atoms with Gasteiger partial charge in [-0.05, 0) is 19.1 Å². The molecule has 0 aliphatic heterocycles. The van der Waals surface area contributed by atoms with E-state index in [4.69, 9.17) is 17.3 Å². The van der Waals surface area contributed by atoms with Gasteiger partial charge in [0.05, 0.1) is 10.7 Å². The van der Waals surface area contributed by atoms with E-state index in [-0.39, 0.29) is 11.2 Å². The Bertz CT molecular complexity index is 684. The minimum absolute atomic E-state index is 0.0989. The van der Waals surface area contributed by atoms with Gasteiger partial charge in [0.25, 0.3) is 5.91 Å². The summed E-state index contributed by atoms with van der Waals surface area (Å²) in [7, 11) is -0.971. The van der Waals surface area contributed by atoms with E-state index >= 15 is 0 Å². The van der Waals surface area contributed by atoms with Gasteiger partial charge in [0.2, 0.25) is 0 Å². The number of nitrogen functional groups attached to an aromatic ring is 1. The Kier molecular flexibility index (Phi) is 4.67. The van der Waals surface area contributed by atoms with Crippen molar-refractivity contribution in [1.29, 1.82) is 0 Å². The van der Waals surface area contributed by atoms with E-state index in [0.29, 0.717) is 22.1 Å². The molecule has 0 aliphatic carbocycles. The molecule has 2 unspecified atom stereocenters. The lowest BCUT2D eigenvalue weighted by molar-refractivity contribution is 0.0959. The van der Waals surface area contributed by atoms with Crippen molar-refractivity contribution in [1.82, 2.24) is 5.32 Å². The standard InChI is InChI=1S/C13H15ClN2O2S2/c1-7(20(2)18)6-16-13(17)12-11(15)10-8(14)4-3-5-9(10)19-12/h3-5,7H,6,15H2,1-2H3,(H,16,17). The van der Waals surface area contributed by atoms with Crippen molar-refractivity contribution in [3.05, 3.63) is 28.1 Å². The van der Waals surface area contributed by atoms with Crippen LogP contribution in [0.25, 0.3) is 10.1 Å². The lowest BCUT2D eigenvalue weighted by Crippen LogP contribution is -2.32. The van der Waals surface area contributed by atoms with Crippen molar-refractivity contribution in [2.75, 3.05) is 18.5 Å². The van der Waals surface area contributed by atoms with Crippen LogP contribution in [0.15, 0.2) is 18.2 Å². The number of anilines is 1. The molecule has 1 aromatic heterocycles. The molecule has 108 valence electrons. The molecule has 4 nitrogen and oxygen atoms in total. The minimum atomic E-state index is -0.971. The van der Waals surface area contributed by atoms with Crippen LogP contribution in [0.3, 0.4) is 0 Å². The average Bonchev–Trinajstić information content (AvgIpc) is 2.74. The molecule has 0 spiro atoms. The second kappa shape index (κ2) is 6.11. The van der Waals surface area contributed by atoms with Crippen LogP contribution >= 0.6 is 22.9 Å². The fraction of sp³-hybridized carbons (Fsp3) is 0.308. The molecule has 0 saturated heterocycles. The number of nitrogens with two attached hydrogens (primary N) is 1. The van der Waals surface area contributed by atoms with Crippen LogP contribution in [-0.4, -0.2) is 28.2 Å². The minimum Gasteiger partial charge on any atom is -0.397 e. The van der Waals surface area contributed by atoms with Crippen LogP contribution in [0.5, 0.6) is 0 Å². The number of fused-ring (bicyclic) bond motifs is 1. The highest BCUT2D eigenvalue weighted by molar-refractivity contribution is 7.84. The van der Waals surface area contributed by atoms with E-state index in [1.54, 1.807) is 12.3 Å². The fourth-order valence-electron chi connectivity index (χ4n) is 1.73. The number of hydrogen-bond donors (Lipinski definition) is 2. The predicted octanol–water partition coefficient (Wildman–Crippen LogP) is 2.63. The van der Waals surface area contributed by atoms with Gasteiger partial charge in [-0.15, -0.1) is 11.3 Å². The summed E-state index contributed by atoms with van der Waals surface area (Å²) in [5, 5.41) is 3.92. The van der Waals surface area contributed by atoms with E-state index in [2.05, 4.69) is 5.32 Å². The van der Waals surface area contributed by atoms with Gasteiger partial charge >= 0.3 is 0 Å². The summed E-state index contributed by atoms with van der Waals surface area (Å²) in [6, 6.07) is 5.45. The van der Waals surface area contributed by atoms with Gasteiger partial charge in [0.1, 0.15) is 4.88 Å². The van der Waals surface area contributed by atoms with Gasteiger partial charge in [0, 0.05) is 38.9 Å². The molecular weight excluding hydrogens is 316 g/mol. The fourth-order valence-corrected chi connectivity index (χ4v) is 3.45. The largest absolute Gasteiger partial charge is 0.397 e. The Morgan fingerprint density at radius 2 is 2.25 bits per heavy atom. The summed E-state index contributed by atoms with van der Waals surface area (Å²) in [6.07, 6.45) is 1.62. The number of amides is 1. The van der Waals surface area contributed by atoms with Crippen molar-refractivity contribution in [3.8, 4) is 0 Å². The van der Waals surface area contributed by atoms with Gasteiger partial charge in [-0.3, -0.25) is 9.00 Å². The molecule has 2 atom stereocenters. The lowest BCUT2D eigenvalue weighted by Gasteiger charge is -2.09. The Morgan fingerprint density at radius 3 is 2.85 bits per heavy atom. The first-order chi connectivity index (χ1) is 9.41. The third-order valence-electron chi connectivity index (χ3n) is 3.02. The molecule has 20 heavy (non-hydrogen) atoms. The summed E-state index contributed by atoms with van der Waals surface area (Å²) in [4.78, 5) is 12.6. The number of carbonyl (C=O) groups is 1. The highest BCUT2D eigenvalue weighted by Crippen LogP contribution is 2.37. The summed E-state index contributed by atoms with van der Waals surface area (Å²) in [5.74, 6) is -0.253. The maximum absolute atomic E-state index is 12.2. The Morgan fingerprint density at radius 1 is 1.55 bits per heavy atom. The molecule has 3 N–H and O–H groups in total. The van der Waals surface area contributed by atoms with E-state index in [1.807, 2.05) is 19.1 Å². The first-order valence-electron chi connectivity index (χ1n) is 5.98. The number of benzene rings is 1. The van der Waals surface area contributed by atoms with Gasteiger partial charge < -0.3 is 11.1 Å². The van der Waals surface area contributed by atoms with Crippen molar-refractivity contribution < 1.29 is 9.00 Å². The Balaban J connectivity index is 2.25. The van der Waals surface area contributed by atoms with E-state index in [1.165, 1.54) is 11.3 Å². The molecular formula is C13H15ClN2O2S2. The van der Waals surface area contributed by atoms with Crippen LogP contribution in [0.2, 0.25) is 5.02 Å². The Labute approximate surface area is 128 Å².